The predicted octanol–water partition coefficient (Wildman–Crippen LogP) is 1.69. The number of carbonyl (C=O) groups excluding carboxylic acids is 2. The van der Waals surface area contributed by atoms with Gasteiger partial charge in [0.25, 0.3) is 5.91 Å². The van der Waals surface area contributed by atoms with E-state index in [0.29, 0.717) is 19.6 Å². The molecule has 142 valence electrons. The van der Waals surface area contributed by atoms with E-state index >= 15 is 0 Å². The first-order chi connectivity index (χ1) is 13.7. The number of benzene rings is 1. The van der Waals surface area contributed by atoms with Crippen LogP contribution in [0.4, 0.5) is 10.5 Å². The molecule has 1 fully saturated rings. The van der Waals surface area contributed by atoms with Crippen molar-refractivity contribution >= 4 is 17.6 Å². The Morgan fingerprint density at radius 1 is 1.07 bits per heavy atom. The van der Waals surface area contributed by atoms with Crippen molar-refractivity contribution < 1.29 is 9.59 Å². The fourth-order valence-corrected chi connectivity index (χ4v) is 2.85. The van der Waals surface area contributed by atoms with Crippen LogP contribution in [-0.4, -0.2) is 49.9 Å². The van der Waals surface area contributed by atoms with E-state index in [2.05, 4.69) is 25.9 Å². The Morgan fingerprint density at radius 2 is 1.82 bits per heavy atom. The highest BCUT2D eigenvalue weighted by molar-refractivity contribution is 5.92. The van der Waals surface area contributed by atoms with Gasteiger partial charge in [0.05, 0.1) is 12.2 Å². The molecule has 3 heterocycles. The number of nitrogens with one attached hydrogen (secondary N) is 2. The molecule has 0 aliphatic carbocycles. The van der Waals surface area contributed by atoms with Gasteiger partial charge in [-0.05, 0) is 29.8 Å². The van der Waals surface area contributed by atoms with Gasteiger partial charge in [-0.1, -0.05) is 23.4 Å². The summed E-state index contributed by atoms with van der Waals surface area (Å²) in [7, 11) is 0. The van der Waals surface area contributed by atoms with Gasteiger partial charge in [0.1, 0.15) is 0 Å². The Kier molecular flexibility index (Phi) is 4.96. The van der Waals surface area contributed by atoms with Gasteiger partial charge in [0, 0.05) is 37.7 Å². The second kappa shape index (κ2) is 7.87. The molecule has 1 aliphatic rings. The summed E-state index contributed by atoms with van der Waals surface area (Å²) in [4.78, 5) is 30.0. The number of para-hydroxylation sites is 1. The summed E-state index contributed by atoms with van der Waals surface area (Å²) in [6.07, 6.45) is 4.96. The smallest absolute Gasteiger partial charge is 0.321 e. The first-order valence-corrected chi connectivity index (χ1v) is 8.89. The molecule has 3 aromatic rings. The lowest BCUT2D eigenvalue weighted by Gasteiger charge is -2.38. The number of anilines is 1. The van der Waals surface area contributed by atoms with Crippen LogP contribution in [0, 0.1) is 0 Å². The van der Waals surface area contributed by atoms with Crippen molar-refractivity contribution in [2.45, 2.75) is 12.6 Å². The van der Waals surface area contributed by atoms with Crippen LogP contribution in [0.3, 0.4) is 0 Å². The fourth-order valence-electron chi connectivity index (χ4n) is 2.85. The molecule has 3 amide bonds. The summed E-state index contributed by atoms with van der Waals surface area (Å²) in [5.41, 5.74) is 1.96. The molecule has 0 radical (unpaired) electrons. The maximum atomic E-state index is 12.2. The summed E-state index contributed by atoms with van der Waals surface area (Å²) in [5, 5.41) is 13.6. The number of hydrogen-bond acceptors (Lipinski definition) is 5. The maximum Gasteiger partial charge on any atom is 0.321 e. The Morgan fingerprint density at radius 3 is 2.57 bits per heavy atom. The van der Waals surface area contributed by atoms with Crippen molar-refractivity contribution in [3.8, 4) is 0 Å². The predicted molar refractivity (Wildman–Crippen MR) is 101 cm³/mol. The second-order valence-corrected chi connectivity index (χ2v) is 6.48. The molecule has 28 heavy (non-hydrogen) atoms. The number of pyridine rings is 1. The second-order valence-electron chi connectivity index (χ2n) is 6.48. The lowest BCUT2D eigenvalue weighted by atomic mass is 10.1. The van der Waals surface area contributed by atoms with E-state index in [9.17, 15) is 9.59 Å². The van der Waals surface area contributed by atoms with Crippen LogP contribution < -0.4 is 10.6 Å². The Bertz CT molecular complexity index is 953. The molecule has 9 nitrogen and oxygen atoms in total. The Labute approximate surface area is 161 Å². The van der Waals surface area contributed by atoms with Gasteiger partial charge in [-0.15, -0.1) is 5.10 Å². The monoisotopic (exact) mass is 377 g/mol. The van der Waals surface area contributed by atoms with E-state index in [1.807, 2.05) is 42.5 Å². The molecule has 4 rings (SSSR count). The largest absolute Gasteiger partial charge is 0.347 e. The first-order valence-electron chi connectivity index (χ1n) is 8.89. The van der Waals surface area contributed by atoms with Crippen LogP contribution in [0.25, 0.3) is 0 Å². The van der Waals surface area contributed by atoms with Crippen LogP contribution in [0.15, 0.2) is 61.1 Å². The minimum Gasteiger partial charge on any atom is -0.347 e. The Balaban J connectivity index is 1.27. The quantitative estimate of drug-likeness (QED) is 0.704. The molecule has 0 atom stereocenters. The molecule has 1 saturated heterocycles. The van der Waals surface area contributed by atoms with Gasteiger partial charge in [-0.3, -0.25) is 9.78 Å². The molecular formula is C19H19N7O2. The average molecular weight is 377 g/mol. The van der Waals surface area contributed by atoms with Crippen molar-refractivity contribution in [3.63, 3.8) is 0 Å². The molecular weight excluding hydrogens is 358 g/mol. The van der Waals surface area contributed by atoms with Gasteiger partial charge >= 0.3 is 6.03 Å². The zero-order valence-corrected chi connectivity index (χ0v) is 15.0. The summed E-state index contributed by atoms with van der Waals surface area (Å²) in [5.74, 6) is -0.291. The summed E-state index contributed by atoms with van der Waals surface area (Å²) in [6, 6.07) is 12.8. The first kappa shape index (κ1) is 17.7. The normalized spacial score (nSPS) is 13.6. The Hall–Kier alpha value is -3.75. The standard InChI is InChI=1S/C19H19N7O2/c27-18(21-10-14-6-8-20-9-7-14)17-13-26(24-23-17)16-11-25(12-16)19(28)22-15-4-2-1-3-5-15/h1-9,13,16H,10-12H2,(H,21,27)(H,22,28). The number of amides is 3. The lowest BCUT2D eigenvalue weighted by molar-refractivity contribution is 0.0945. The number of urea groups is 1. The maximum absolute atomic E-state index is 12.2. The molecule has 0 saturated carbocycles. The van der Waals surface area contributed by atoms with E-state index in [1.54, 1.807) is 28.2 Å². The number of likely N-dealkylation sites (tertiary alicyclic amines) is 1. The van der Waals surface area contributed by atoms with Crippen LogP contribution >= 0.6 is 0 Å². The summed E-state index contributed by atoms with van der Waals surface area (Å²) >= 11 is 0. The van der Waals surface area contributed by atoms with Crippen molar-refractivity contribution in [1.82, 2.24) is 30.2 Å². The highest BCUT2D eigenvalue weighted by atomic mass is 16.2. The van der Waals surface area contributed by atoms with E-state index in [1.165, 1.54) is 0 Å². The number of nitrogens with zero attached hydrogens (tertiary/aromatic N) is 5. The fraction of sp³-hybridized carbons (Fsp3) is 0.211. The third kappa shape index (κ3) is 3.98. The van der Waals surface area contributed by atoms with Crippen molar-refractivity contribution in [3.05, 3.63) is 72.3 Å². The van der Waals surface area contributed by atoms with Gasteiger partial charge in [-0.25, -0.2) is 9.48 Å². The number of carbonyl (C=O) groups is 2. The molecule has 2 N–H and O–H groups in total. The molecule has 0 spiro atoms. The van der Waals surface area contributed by atoms with Gasteiger partial charge in [0.2, 0.25) is 0 Å². The van der Waals surface area contributed by atoms with E-state index in [-0.39, 0.29) is 23.7 Å². The highest BCUT2D eigenvalue weighted by Crippen LogP contribution is 2.21. The van der Waals surface area contributed by atoms with Crippen LogP contribution in [0.2, 0.25) is 0 Å². The van der Waals surface area contributed by atoms with Gasteiger partial charge < -0.3 is 15.5 Å². The van der Waals surface area contributed by atoms with Crippen LogP contribution in [-0.2, 0) is 6.54 Å². The molecule has 0 bridgehead atoms. The summed E-state index contributed by atoms with van der Waals surface area (Å²) < 4.78 is 1.63. The topological polar surface area (TPSA) is 105 Å². The van der Waals surface area contributed by atoms with Crippen molar-refractivity contribution in [2.24, 2.45) is 0 Å². The highest BCUT2D eigenvalue weighted by Gasteiger charge is 2.33. The molecule has 2 aromatic heterocycles. The van der Waals surface area contributed by atoms with Crippen LogP contribution in [0.5, 0.6) is 0 Å². The lowest BCUT2D eigenvalue weighted by Crippen LogP contribution is -2.52. The van der Waals surface area contributed by atoms with Crippen LogP contribution in [0.1, 0.15) is 22.1 Å². The van der Waals surface area contributed by atoms with Gasteiger partial charge in [0.15, 0.2) is 5.69 Å². The minimum absolute atomic E-state index is 0.00997. The van der Waals surface area contributed by atoms with Crippen molar-refractivity contribution in [1.29, 1.82) is 0 Å². The zero-order valence-electron chi connectivity index (χ0n) is 15.0. The molecule has 1 aliphatic heterocycles. The molecule has 1 aromatic carbocycles. The average Bonchev–Trinajstić information content (AvgIpc) is 3.16. The SMILES string of the molecule is O=C(NCc1ccncc1)c1cn(C2CN(C(=O)Nc3ccccc3)C2)nn1. The third-order valence-corrected chi connectivity index (χ3v) is 4.49. The zero-order chi connectivity index (χ0) is 19.3. The van der Waals surface area contributed by atoms with Crippen molar-refractivity contribution in [2.75, 3.05) is 18.4 Å². The van der Waals surface area contributed by atoms with E-state index in [0.717, 1.165) is 11.3 Å². The molecule has 9 heteroatoms. The minimum atomic E-state index is -0.291. The number of hydrogen-bond donors (Lipinski definition) is 2. The number of rotatable bonds is 5. The third-order valence-electron chi connectivity index (χ3n) is 4.49. The summed E-state index contributed by atoms with van der Waals surface area (Å²) in [6.45, 7) is 1.42. The number of aromatic nitrogens is 4. The van der Waals surface area contributed by atoms with Gasteiger partial charge in [-0.2, -0.15) is 0 Å². The molecule has 0 unspecified atom stereocenters. The van der Waals surface area contributed by atoms with E-state index in [4.69, 9.17) is 0 Å². The van der Waals surface area contributed by atoms with E-state index < -0.39 is 0 Å².